The molecule has 2 aliphatic rings. The van der Waals surface area contributed by atoms with E-state index in [2.05, 4.69) is 12.2 Å². The average molecular weight is 275 g/mol. The van der Waals surface area contributed by atoms with Gasteiger partial charge < -0.3 is 10.1 Å². The lowest BCUT2D eigenvalue weighted by atomic mass is 9.88. The first kappa shape index (κ1) is 14.3. The third-order valence-corrected chi connectivity index (χ3v) is 6.55. The van der Waals surface area contributed by atoms with Crippen molar-refractivity contribution in [1.82, 2.24) is 5.32 Å². The average Bonchev–Trinajstić information content (AvgIpc) is 2.37. The van der Waals surface area contributed by atoms with Crippen molar-refractivity contribution < 1.29 is 13.2 Å². The van der Waals surface area contributed by atoms with Gasteiger partial charge in [0, 0.05) is 19.3 Å². The Labute approximate surface area is 110 Å². The van der Waals surface area contributed by atoms with Gasteiger partial charge >= 0.3 is 0 Å². The Morgan fingerprint density at radius 3 is 2.56 bits per heavy atom. The molecule has 0 aliphatic carbocycles. The zero-order chi connectivity index (χ0) is 13.0. The van der Waals surface area contributed by atoms with Crippen LogP contribution in [0.1, 0.15) is 39.0 Å². The Balaban J connectivity index is 2.12. The Hall–Kier alpha value is -0.130. The SMILES string of the molecule is CCNC(C1CCOCC1)C1CCCCS1(=O)=O. The van der Waals surface area contributed by atoms with E-state index in [-0.39, 0.29) is 11.3 Å². The molecule has 0 amide bonds. The van der Waals surface area contributed by atoms with Crippen LogP contribution < -0.4 is 5.32 Å². The molecule has 0 bridgehead atoms. The second-order valence-electron chi connectivity index (χ2n) is 5.43. The van der Waals surface area contributed by atoms with Crippen LogP contribution in [-0.2, 0) is 14.6 Å². The van der Waals surface area contributed by atoms with Crippen molar-refractivity contribution in [3.05, 3.63) is 0 Å². The molecule has 2 saturated heterocycles. The summed E-state index contributed by atoms with van der Waals surface area (Å²) in [5.74, 6) is 0.833. The van der Waals surface area contributed by atoms with Crippen molar-refractivity contribution in [3.63, 3.8) is 0 Å². The molecule has 0 aromatic heterocycles. The molecule has 2 unspecified atom stereocenters. The molecule has 0 radical (unpaired) electrons. The highest BCUT2D eigenvalue weighted by molar-refractivity contribution is 7.92. The summed E-state index contributed by atoms with van der Waals surface area (Å²) < 4.78 is 29.9. The van der Waals surface area contributed by atoms with E-state index in [4.69, 9.17) is 4.74 Å². The van der Waals surface area contributed by atoms with Crippen molar-refractivity contribution >= 4 is 9.84 Å². The molecule has 0 aromatic carbocycles. The minimum Gasteiger partial charge on any atom is -0.381 e. The van der Waals surface area contributed by atoms with Gasteiger partial charge in [0.2, 0.25) is 0 Å². The van der Waals surface area contributed by atoms with Crippen LogP contribution in [0.25, 0.3) is 0 Å². The molecule has 2 atom stereocenters. The topological polar surface area (TPSA) is 55.4 Å². The lowest BCUT2D eigenvalue weighted by molar-refractivity contribution is 0.0527. The van der Waals surface area contributed by atoms with Gasteiger partial charge in [-0.15, -0.1) is 0 Å². The first-order valence-corrected chi connectivity index (χ1v) is 8.89. The highest BCUT2D eigenvalue weighted by Crippen LogP contribution is 2.30. The predicted molar refractivity (Wildman–Crippen MR) is 72.4 cm³/mol. The number of nitrogens with one attached hydrogen (secondary N) is 1. The van der Waals surface area contributed by atoms with Crippen LogP contribution in [0.5, 0.6) is 0 Å². The van der Waals surface area contributed by atoms with Crippen molar-refractivity contribution in [2.75, 3.05) is 25.5 Å². The Morgan fingerprint density at radius 1 is 1.22 bits per heavy atom. The van der Waals surface area contributed by atoms with Crippen molar-refractivity contribution in [3.8, 4) is 0 Å². The zero-order valence-electron chi connectivity index (χ0n) is 11.2. The van der Waals surface area contributed by atoms with E-state index in [0.29, 0.717) is 11.7 Å². The standard InChI is InChI=1S/C13H25NO3S/c1-2-14-13(11-6-8-17-9-7-11)12-5-3-4-10-18(12,15)16/h11-14H,2-10H2,1H3. The van der Waals surface area contributed by atoms with E-state index in [1.54, 1.807) is 0 Å². The first-order valence-electron chi connectivity index (χ1n) is 7.18. The number of hydrogen-bond acceptors (Lipinski definition) is 4. The highest BCUT2D eigenvalue weighted by atomic mass is 32.2. The van der Waals surface area contributed by atoms with E-state index in [9.17, 15) is 8.42 Å². The van der Waals surface area contributed by atoms with E-state index in [1.807, 2.05) is 0 Å². The highest BCUT2D eigenvalue weighted by Gasteiger charge is 2.39. The maximum Gasteiger partial charge on any atom is 0.154 e. The molecule has 2 heterocycles. The third-order valence-electron chi connectivity index (χ3n) is 4.24. The van der Waals surface area contributed by atoms with Crippen LogP contribution in [0.2, 0.25) is 0 Å². The van der Waals surface area contributed by atoms with Crippen LogP contribution in [0, 0.1) is 5.92 Å². The predicted octanol–water partition coefficient (Wildman–Crippen LogP) is 1.36. The Bertz CT molecular complexity index is 349. The minimum absolute atomic E-state index is 0.129. The molecular weight excluding hydrogens is 250 g/mol. The van der Waals surface area contributed by atoms with Gasteiger partial charge in [0.05, 0.1) is 11.0 Å². The van der Waals surface area contributed by atoms with Crippen LogP contribution in [0.3, 0.4) is 0 Å². The van der Waals surface area contributed by atoms with Gasteiger partial charge in [0.15, 0.2) is 9.84 Å². The maximum absolute atomic E-state index is 12.3. The number of rotatable bonds is 4. The number of ether oxygens (including phenoxy) is 1. The summed E-state index contributed by atoms with van der Waals surface area (Å²) in [5, 5.41) is 3.27. The summed E-state index contributed by atoms with van der Waals surface area (Å²) in [6.45, 7) is 4.45. The van der Waals surface area contributed by atoms with Crippen LogP contribution >= 0.6 is 0 Å². The summed E-state index contributed by atoms with van der Waals surface area (Å²) in [6, 6.07) is 0.129. The molecule has 5 heteroatoms. The van der Waals surface area contributed by atoms with E-state index >= 15 is 0 Å². The third kappa shape index (κ3) is 3.25. The fourth-order valence-electron chi connectivity index (χ4n) is 3.29. The van der Waals surface area contributed by atoms with E-state index in [0.717, 1.165) is 51.9 Å². The van der Waals surface area contributed by atoms with Gasteiger partial charge in [0.1, 0.15) is 0 Å². The largest absolute Gasteiger partial charge is 0.381 e. The molecule has 2 fully saturated rings. The lowest BCUT2D eigenvalue weighted by Crippen LogP contribution is -2.51. The van der Waals surface area contributed by atoms with Crippen LogP contribution in [-0.4, -0.2) is 45.2 Å². The van der Waals surface area contributed by atoms with Crippen LogP contribution in [0.15, 0.2) is 0 Å². The normalized spacial score (nSPS) is 31.1. The number of hydrogen-bond donors (Lipinski definition) is 1. The van der Waals surface area contributed by atoms with Crippen molar-refractivity contribution in [2.45, 2.75) is 50.3 Å². The smallest absolute Gasteiger partial charge is 0.154 e. The molecule has 0 spiro atoms. The van der Waals surface area contributed by atoms with Gasteiger partial charge in [-0.1, -0.05) is 13.3 Å². The van der Waals surface area contributed by atoms with E-state index < -0.39 is 9.84 Å². The first-order chi connectivity index (χ1) is 8.65. The Kier molecular flexibility index (Phi) is 5.04. The summed E-state index contributed by atoms with van der Waals surface area (Å²) in [5.41, 5.74) is 0. The van der Waals surface area contributed by atoms with Gasteiger partial charge in [-0.25, -0.2) is 8.42 Å². The van der Waals surface area contributed by atoms with Crippen molar-refractivity contribution in [2.24, 2.45) is 5.92 Å². The monoisotopic (exact) mass is 275 g/mol. The van der Waals surface area contributed by atoms with Gasteiger partial charge in [-0.2, -0.15) is 0 Å². The fourth-order valence-corrected chi connectivity index (χ4v) is 5.50. The second-order valence-corrected chi connectivity index (χ2v) is 7.77. The van der Waals surface area contributed by atoms with E-state index in [1.165, 1.54) is 0 Å². The lowest BCUT2D eigenvalue weighted by Gasteiger charge is -2.37. The van der Waals surface area contributed by atoms with Gasteiger partial charge in [-0.05, 0) is 38.1 Å². The van der Waals surface area contributed by atoms with Gasteiger partial charge in [-0.3, -0.25) is 0 Å². The summed E-state index contributed by atoms with van der Waals surface area (Å²) >= 11 is 0. The molecule has 18 heavy (non-hydrogen) atoms. The summed E-state index contributed by atoms with van der Waals surface area (Å²) in [4.78, 5) is 0. The molecule has 0 saturated carbocycles. The molecule has 2 aliphatic heterocycles. The quantitative estimate of drug-likeness (QED) is 0.841. The summed E-state index contributed by atoms with van der Waals surface area (Å²) in [7, 11) is -2.90. The summed E-state index contributed by atoms with van der Waals surface area (Å²) in [6.07, 6.45) is 4.70. The fraction of sp³-hybridized carbons (Fsp3) is 1.00. The molecule has 0 aromatic rings. The molecule has 1 N–H and O–H groups in total. The number of sulfone groups is 1. The maximum atomic E-state index is 12.3. The Morgan fingerprint density at radius 2 is 1.94 bits per heavy atom. The van der Waals surface area contributed by atoms with Gasteiger partial charge in [0.25, 0.3) is 0 Å². The molecule has 4 nitrogen and oxygen atoms in total. The molecular formula is C13H25NO3S. The molecule has 106 valence electrons. The zero-order valence-corrected chi connectivity index (χ0v) is 12.0. The second kappa shape index (κ2) is 6.35. The van der Waals surface area contributed by atoms with Crippen LogP contribution in [0.4, 0.5) is 0 Å². The van der Waals surface area contributed by atoms with Crippen molar-refractivity contribution in [1.29, 1.82) is 0 Å². The molecule has 2 rings (SSSR count). The minimum atomic E-state index is -2.90.